The van der Waals surface area contributed by atoms with Gasteiger partial charge in [0.1, 0.15) is 22.4 Å². The molecule has 3 nitrogen and oxygen atoms in total. The van der Waals surface area contributed by atoms with Gasteiger partial charge in [-0.3, -0.25) is 0 Å². The molecule has 0 N–H and O–H groups in total. The lowest BCUT2D eigenvalue weighted by Gasteiger charge is -2.03. The second kappa shape index (κ2) is 11.0. The Bertz CT molecular complexity index is 604. The number of rotatable bonds is 11. The third kappa shape index (κ3) is 6.44. The van der Waals surface area contributed by atoms with E-state index in [9.17, 15) is 0 Å². The van der Waals surface area contributed by atoms with Crippen molar-refractivity contribution < 1.29 is 4.74 Å². The molecule has 0 aliphatic rings. The molecule has 4 heteroatoms. The quantitative estimate of drug-likeness (QED) is 0.367. The topological polar surface area (TPSA) is 35.0 Å². The highest BCUT2D eigenvalue weighted by Crippen LogP contribution is 2.26. The summed E-state index contributed by atoms with van der Waals surface area (Å²) >= 11 is 1.70. The molecule has 0 radical (unpaired) electrons. The smallest absolute Gasteiger partial charge is 0.147 e. The Hall–Kier alpha value is -1.68. The SMILES string of the molecule is CCCC/C=C/COc1ccc(-c2nnc(CCCCC)s2)cc1. The molecule has 0 fully saturated rings. The van der Waals surface area contributed by atoms with Gasteiger partial charge in [0, 0.05) is 12.0 Å². The first-order valence-electron chi connectivity index (χ1n) is 9.04. The summed E-state index contributed by atoms with van der Waals surface area (Å²) in [6.07, 6.45) is 12.6. The van der Waals surface area contributed by atoms with Gasteiger partial charge in [-0.2, -0.15) is 0 Å². The molecule has 0 aliphatic carbocycles. The van der Waals surface area contributed by atoms with Crippen molar-refractivity contribution in [1.29, 1.82) is 0 Å². The number of aromatic nitrogens is 2. The molecule has 1 heterocycles. The second-order valence-electron chi connectivity index (χ2n) is 5.91. The van der Waals surface area contributed by atoms with Crippen LogP contribution in [0.3, 0.4) is 0 Å². The lowest BCUT2D eigenvalue weighted by atomic mass is 10.2. The minimum absolute atomic E-state index is 0.628. The largest absolute Gasteiger partial charge is 0.490 e. The zero-order valence-electron chi connectivity index (χ0n) is 14.8. The maximum atomic E-state index is 5.73. The zero-order valence-corrected chi connectivity index (χ0v) is 15.6. The van der Waals surface area contributed by atoms with Gasteiger partial charge in [0.25, 0.3) is 0 Å². The van der Waals surface area contributed by atoms with Gasteiger partial charge in [-0.1, -0.05) is 63.0 Å². The minimum atomic E-state index is 0.628. The van der Waals surface area contributed by atoms with Crippen LogP contribution in [0, 0.1) is 0 Å². The fourth-order valence-corrected chi connectivity index (χ4v) is 3.23. The van der Waals surface area contributed by atoms with Gasteiger partial charge in [-0.25, -0.2) is 0 Å². The van der Waals surface area contributed by atoms with E-state index in [-0.39, 0.29) is 0 Å². The molecule has 130 valence electrons. The van der Waals surface area contributed by atoms with Crippen LogP contribution in [-0.2, 0) is 6.42 Å². The van der Waals surface area contributed by atoms with E-state index in [0.29, 0.717) is 6.61 Å². The Morgan fingerprint density at radius 2 is 1.75 bits per heavy atom. The fraction of sp³-hybridized carbons (Fsp3) is 0.500. The summed E-state index contributed by atoms with van der Waals surface area (Å²) in [5.41, 5.74) is 1.11. The lowest BCUT2D eigenvalue weighted by molar-refractivity contribution is 0.362. The van der Waals surface area contributed by atoms with Gasteiger partial charge in [0.15, 0.2) is 0 Å². The molecule has 1 aromatic carbocycles. The highest BCUT2D eigenvalue weighted by atomic mass is 32.1. The van der Waals surface area contributed by atoms with Crippen molar-refractivity contribution in [2.75, 3.05) is 6.61 Å². The highest BCUT2D eigenvalue weighted by molar-refractivity contribution is 7.14. The number of hydrogen-bond acceptors (Lipinski definition) is 4. The molecule has 2 rings (SSSR count). The molecular weight excluding hydrogens is 316 g/mol. The molecule has 0 saturated carbocycles. The average Bonchev–Trinajstić information content (AvgIpc) is 3.08. The predicted molar refractivity (Wildman–Crippen MR) is 103 cm³/mol. The Balaban J connectivity index is 1.82. The van der Waals surface area contributed by atoms with Crippen LogP contribution in [0.2, 0.25) is 0 Å². The van der Waals surface area contributed by atoms with Crippen molar-refractivity contribution in [3.8, 4) is 16.3 Å². The molecule has 0 amide bonds. The molecule has 0 saturated heterocycles. The maximum absolute atomic E-state index is 5.73. The van der Waals surface area contributed by atoms with E-state index >= 15 is 0 Å². The van der Waals surface area contributed by atoms with Crippen molar-refractivity contribution in [2.24, 2.45) is 0 Å². The standard InChI is InChI=1S/C20H28N2OS/c1-3-5-7-8-10-16-23-18-14-12-17(13-15-18)20-22-21-19(24-20)11-9-6-4-2/h8,10,12-15H,3-7,9,11,16H2,1-2H3/b10-8+. The van der Waals surface area contributed by atoms with Crippen molar-refractivity contribution in [1.82, 2.24) is 10.2 Å². The van der Waals surface area contributed by atoms with Crippen LogP contribution < -0.4 is 4.74 Å². The number of ether oxygens (including phenoxy) is 1. The van der Waals surface area contributed by atoms with Crippen LogP contribution in [0.4, 0.5) is 0 Å². The van der Waals surface area contributed by atoms with Gasteiger partial charge in [-0.05, 0) is 37.1 Å². The van der Waals surface area contributed by atoms with Crippen molar-refractivity contribution >= 4 is 11.3 Å². The molecule has 2 aromatic rings. The molecule has 0 aliphatic heterocycles. The molecule has 0 unspecified atom stereocenters. The molecule has 1 aromatic heterocycles. The minimum Gasteiger partial charge on any atom is -0.490 e. The normalized spacial score (nSPS) is 11.2. The van der Waals surface area contributed by atoms with E-state index in [2.05, 4.69) is 48.3 Å². The van der Waals surface area contributed by atoms with Crippen LogP contribution in [0.15, 0.2) is 36.4 Å². The van der Waals surface area contributed by atoms with Crippen molar-refractivity contribution in [3.05, 3.63) is 41.4 Å². The maximum Gasteiger partial charge on any atom is 0.147 e. The van der Waals surface area contributed by atoms with E-state index in [1.165, 1.54) is 32.1 Å². The Kier molecular flexibility index (Phi) is 8.53. The monoisotopic (exact) mass is 344 g/mol. The van der Waals surface area contributed by atoms with E-state index in [1.807, 2.05) is 12.1 Å². The molecular formula is C20H28N2OS. The Labute approximate surface area is 149 Å². The van der Waals surface area contributed by atoms with E-state index < -0.39 is 0 Å². The first-order chi connectivity index (χ1) is 11.8. The number of hydrogen-bond donors (Lipinski definition) is 0. The van der Waals surface area contributed by atoms with E-state index in [4.69, 9.17) is 4.74 Å². The average molecular weight is 345 g/mol. The van der Waals surface area contributed by atoms with Crippen LogP contribution in [0.25, 0.3) is 10.6 Å². The molecule has 0 atom stereocenters. The number of allylic oxidation sites excluding steroid dienone is 1. The van der Waals surface area contributed by atoms with Crippen molar-refractivity contribution in [3.63, 3.8) is 0 Å². The van der Waals surface area contributed by atoms with Crippen LogP contribution in [0.1, 0.15) is 57.4 Å². The summed E-state index contributed by atoms with van der Waals surface area (Å²) in [7, 11) is 0. The third-order valence-corrected chi connectivity index (χ3v) is 4.83. The molecule has 0 bridgehead atoms. The van der Waals surface area contributed by atoms with Crippen LogP contribution in [-0.4, -0.2) is 16.8 Å². The summed E-state index contributed by atoms with van der Waals surface area (Å²) in [5.74, 6) is 0.895. The van der Waals surface area contributed by atoms with Gasteiger partial charge in [-0.15, -0.1) is 10.2 Å². The van der Waals surface area contributed by atoms with Gasteiger partial charge < -0.3 is 4.74 Å². The summed E-state index contributed by atoms with van der Waals surface area (Å²) in [6.45, 7) is 5.05. The van der Waals surface area contributed by atoms with Gasteiger partial charge >= 0.3 is 0 Å². The van der Waals surface area contributed by atoms with Gasteiger partial charge in [0.2, 0.25) is 0 Å². The predicted octanol–water partition coefficient (Wildman–Crippen LogP) is 6.06. The first kappa shape index (κ1) is 18.7. The number of benzene rings is 1. The summed E-state index contributed by atoms with van der Waals surface area (Å²) in [6, 6.07) is 8.14. The molecule has 24 heavy (non-hydrogen) atoms. The number of unbranched alkanes of at least 4 members (excludes halogenated alkanes) is 4. The highest BCUT2D eigenvalue weighted by Gasteiger charge is 2.06. The third-order valence-electron chi connectivity index (χ3n) is 3.80. The lowest BCUT2D eigenvalue weighted by Crippen LogP contribution is -1.93. The number of aryl methyl sites for hydroxylation is 1. The number of nitrogens with zero attached hydrogens (tertiary/aromatic N) is 2. The van der Waals surface area contributed by atoms with Crippen LogP contribution >= 0.6 is 11.3 Å². The Morgan fingerprint density at radius 1 is 0.958 bits per heavy atom. The van der Waals surface area contributed by atoms with E-state index in [1.54, 1.807) is 11.3 Å². The van der Waals surface area contributed by atoms with Gasteiger partial charge in [0.05, 0.1) is 0 Å². The summed E-state index contributed by atoms with van der Waals surface area (Å²) in [5, 5.41) is 10.7. The zero-order chi connectivity index (χ0) is 17.0. The van der Waals surface area contributed by atoms with E-state index in [0.717, 1.165) is 34.2 Å². The summed E-state index contributed by atoms with van der Waals surface area (Å²) < 4.78 is 5.73. The second-order valence-corrected chi connectivity index (χ2v) is 6.97. The molecule has 0 spiro atoms. The van der Waals surface area contributed by atoms with Crippen LogP contribution in [0.5, 0.6) is 5.75 Å². The first-order valence-corrected chi connectivity index (χ1v) is 9.85. The Morgan fingerprint density at radius 3 is 2.50 bits per heavy atom. The fourth-order valence-electron chi connectivity index (χ4n) is 2.34. The van der Waals surface area contributed by atoms with Crippen molar-refractivity contribution in [2.45, 2.75) is 58.8 Å². The summed E-state index contributed by atoms with van der Waals surface area (Å²) in [4.78, 5) is 0.